The highest BCUT2D eigenvalue weighted by molar-refractivity contribution is 5.81. The van der Waals surface area contributed by atoms with Crippen molar-refractivity contribution in [3.63, 3.8) is 0 Å². The standard InChI is InChI=1S/C13H17N3O4/c1-9(8-20-2)15-12(17)7-14-13(15)10-4-3-5-11(6-10)16(18)19/h3-6,9,13-14H,7-8H2,1-2H3. The molecule has 0 bridgehead atoms. The van der Waals surface area contributed by atoms with Crippen LogP contribution in [0.25, 0.3) is 0 Å². The number of hydrogen-bond acceptors (Lipinski definition) is 5. The van der Waals surface area contributed by atoms with Gasteiger partial charge < -0.3 is 9.64 Å². The molecule has 1 N–H and O–H groups in total. The molecular weight excluding hydrogens is 262 g/mol. The minimum atomic E-state index is -0.441. The van der Waals surface area contributed by atoms with E-state index in [1.807, 2.05) is 6.92 Å². The summed E-state index contributed by atoms with van der Waals surface area (Å²) in [5.74, 6) is -0.0361. The van der Waals surface area contributed by atoms with Gasteiger partial charge in [-0.05, 0) is 12.5 Å². The average molecular weight is 279 g/mol. The second-order valence-electron chi connectivity index (χ2n) is 4.74. The lowest BCUT2D eigenvalue weighted by molar-refractivity contribution is -0.385. The number of non-ortho nitro benzene ring substituents is 1. The lowest BCUT2D eigenvalue weighted by atomic mass is 10.1. The van der Waals surface area contributed by atoms with E-state index in [0.29, 0.717) is 12.2 Å². The van der Waals surface area contributed by atoms with Gasteiger partial charge in [-0.1, -0.05) is 12.1 Å². The number of benzene rings is 1. The fourth-order valence-corrected chi connectivity index (χ4v) is 2.43. The smallest absolute Gasteiger partial charge is 0.269 e. The number of hydrogen-bond donors (Lipinski definition) is 1. The Balaban J connectivity index is 2.28. The molecule has 0 aromatic heterocycles. The van der Waals surface area contributed by atoms with E-state index in [1.54, 1.807) is 24.1 Å². The van der Waals surface area contributed by atoms with Gasteiger partial charge in [0.1, 0.15) is 6.17 Å². The van der Waals surface area contributed by atoms with E-state index < -0.39 is 4.92 Å². The highest BCUT2D eigenvalue weighted by Crippen LogP contribution is 2.27. The lowest BCUT2D eigenvalue weighted by Crippen LogP contribution is -2.40. The molecule has 2 atom stereocenters. The van der Waals surface area contributed by atoms with Crippen molar-refractivity contribution in [2.45, 2.75) is 19.1 Å². The van der Waals surface area contributed by atoms with Crippen LogP contribution in [0.4, 0.5) is 5.69 Å². The Morgan fingerprint density at radius 2 is 2.35 bits per heavy atom. The Labute approximate surface area is 116 Å². The zero-order chi connectivity index (χ0) is 14.7. The lowest BCUT2D eigenvalue weighted by Gasteiger charge is -2.30. The van der Waals surface area contributed by atoms with Crippen molar-refractivity contribution in [3.05, 3.63) is 39.9 Å². The van der Waals surface area contributed by atoms with E-state index in [4.69, 9.17) is 4.74 Å². The van der Waals surface area contributed by atoms with Crippen LogP contribution in [0.15, 0.2) is 24.3 Å². The zero-order valence-electron chi connectivity index (χ0n) is 11.4. The summed E-state index contributed by atoms with van der Waals surface area (Å²) in [6.07, 6.45) is -0.354. The Morgan fingerprint density at radius 3 is 3.00 bits per heavy atom. The Bertz CT molecular complexity index is 520. The molecule has 1 aliphatic heterocycles. The number of nitro benzene ring substituents is 1. The summed E-state index contributed by atoms with van der Waals surface area (Å²) in [6, 6.07) is 6.21. The minimum absolute atomic E-state index is 0.0167. The van der Waals surface area contributed by atoms with Gasteiger partial charge in [-0.2, -0.15) is 0 Å². The number of methoxy groups -OCH3 is 1. The molecule has 1 heterocycles. The number of nitrogens with zero attached hydrogens (tertiary/aromatic N) is 2. The van der Waals surface area contributed by atoms with Crippen LogP contribution in [0.3, 0.4) is 0 Å². The van der Waals surface area contributed by atoms with Gasteiger partial charge in [0.25, 0.3) is 5.69 Å². The van der Waals surface area contributed by atoms with Crippen molar-refractivity contribution in [2.24, 2.45) is 0 Å². The summed E-state index contributed by atoms with van der Waals surface area (Å²) >= 11 is 0. The highest BCUT2D eigenvalue weighted by atomic mass is 16.6. The predicted octanol–water partition coefficient (Wildman–Crippen LogP) is 1.06. The van der Waals surface area contributed by atoms with Gasteiger partial charge in [0, 0.05) is 19.2 Å². The van der Waals surface area contributed by atoms with Crippen molar-refractivity contribution in [1.82, 2.24) is 10.2 Å². The first-order valence-corrected chi connectivity index (χ1v) is 6.32. The number of nitrogens with one attached hydrogen (secondary N) is 1. The molecule has 0 spiro atoms. The molecule has 2 unspecified atom stereocenters. The molecule has 1 fully saturated rings. The molecule has 0 saturated carbocycles. The molecule has 0 aliphatic carbocycles. The summed E-state index contributed by atoms with van der Waals surface area (Å²) in [5.41, 5.74) is 0.719. The maximum absolute atomic E-state index is 12.0. The summed E-state index contributed by atoms with van der Waals surface area (Å²) in [7, 11) is 1.58. The van der Waals surface area contributed by atoms with Crippen LogP contribution < -0.4 is 5.32 Å². The van der Waals surface area contributed by atoms with Crippen LogP contribution in [-0.2, 0) is 9.53 Å². The second kappa shape index (κ2) is 5.98. The molecule has 1 aromatic rings. The third-order valence-electron chi connectivity index (χ3n) is 3.29. The van der Waals surface area contributed by atoms with Gasteiger partial charge >= 0.3 is 0 Å². The molecule has 20 heavy (non-hydrogen) atoms. The van der Waals surface area contributed by atoms with Crippen molar-refractivity contribution in [1.29, 1.82) is 0 Å². The van der Waals surface area contributed by atoms with Crippen LogP contribution in [0.1, 0.15) is 18.7 Å². The Hall–Kier alpha value is -1.99. The monoisotopic (exact) mass is 279 g/mol. The predicted molar refractivity (Wildman–Crippen MR) is 72.0 cm³/mol. The quantitative estimate of drug-likeness (QED) is 0.643. The first-order chi connectivity index (χ1) is 9.54. The van der Waals surface area contributed by atoms with Gasteiger partial charge in [0.05, 0.1) is 24.1 Å². The summed E-state index contributed by atoms with van der Waals surface area (Å²) in [6.45, 7) is 2.53. The maximum Gasteiger partial charge on any atom is 0.269 e. The number of carbonyl (C=O) groups excluding carboxylic acids is 1. The number of rotatable bonds is 5. The Kier molecular flexibility index (Phi) is 4.31. The fourth-order valence-electron chi connectivity index (χ4n) is 2.43. The van der Waals surface area contributed by atoms with E-state index in [-0.39, 0.29) is 30.3 Å². The van der Waals surface area contributed by atoms with E-state index in [1.165, 1.54) is 12.1 Å². The number of carbonyl (C=O) groups is 1. The summed E-state index contributed by atoms with van der Waals surface area (Å²) < 4.78 is 5.08. The summed E-state index contributed by atoms with van der Waals surface area (Å²) in [5, 5.41) is 13.9. The first kappa shape index (κ1) is 14.4. The van der Waals surface area contributed by atoms with Gasteiger partial charge in [-0.3, -0.25) is 20.2 Å². The van der Waals surface area contributed by atoms with E-state index in [2.05, 4.69) is 5.32 Å². The van der Waals surface area contributed by atoms with Crippen molar-refractivity contribution >= 4 is 11.6 Å². The van der Waals surface area contributed by atoms with Crippen LogP contribution >= 0.6 is 0 Å². The SMILES string of the molecule is COCC(C)N1C(=O)CNC1c1cccc([N+](=O)[O-])c1. The fraction of sp³-hybridized carbons (Fsp3) is 0.462. The van der Waals surface area contributed by atoms with Crippen LogP contribution in [0.5, 0.6) is 0 Å². The number of ether oxygens (including phenoxy) is 1. The second-order valence-corrected chi connectivity index (χ2v) is 4.74. The third kappa shape index (κ3) is 2.78. The molecule has 2 rings (SSSR count). The molecule has 1 saturated heterocycles. The van der Waals surface area contributed by atoms with E-state index in [0.717, 1.165) is 0 Å². The zero-order valence-corrected chi connectivity index (χ0v) is 11.4. The van der Waals surface area contributed by atoms with Gasteiger partial charge in [0.15, 0.2) is 0 Å². The topological polar surface area (TPSA) is 84.7 Å². The normalized spacial score (nSPS) is 20.2. The number of nitro groups is 1. The molecule has 108 valence electrons. The minimum Gasteiger partial charge on any atom is -0.383 e. The largest absolute Gasteiger partial charge is 0.383 e. The molecular formula is C13H17N3O4. The van der Waals surface area contributed by atoms with E-state index in [9.17, 15) is 14.9 Å². The van der Waals surface area contributed by atoms with Crippen LogP contribution in [0, 0.1) is 10.1 Å². The molecule has 1 aliphatic rings. The molecule has 7 heteroatoms. The van der Waals surface area contributed by atoms with Crippen molar-refractivity contribution in [3.8, 4) is 0 Å². The Morgan fingerprint density at radius 1 is 1.60 bits per heavy atom. The van der Waals surface area contributed by atoms with Crippen molar-refractivity contribution in [2.75, 3.05) is 20.3 Å². The molecule has 1 amide bonds. The van der Waals surface area contributed by atoms with E-state index >= 15 is 0 Å². The van der Waals surface area contributed by atoms with Gasteiger partial charge in [-0.25, -0.2) is 0 Å². The maximum atomic E-state index is 12.0. The number of amides is 1. The first-order valence-electron chi connectivity index (χ1n) is 6.32. The van der Waals surface area contributed by atoms with Gasteiger partial charge in [-0.15, -0.1) is 0 Å². The van der Waals surface area contributed by atoms with Gasteiger partial charge in [0.2, 0.25) is 5.91 Å². The third-order valence-corrected chi connectivity index (χ3v) is 3.29. The van der Waals surface area contributed by atoms with Crippen LogP contribution in [-0.4, -0.2) is 42.0 Å². The average Bonchev–Trinajstić information content (AvgIpc) is 2.81. The molecule has 1 aromatic carbocycles. The molecule has 0 radical (unpaired) electrons. The van der Waals surface area contributed by atoms with Crippen molar-refractivity contribution < 1.29 is 14.5 Å². The molecule has 7 nitrogen and oxygen atoms in total. The van der Waals surface area contributed by atoms with Crippen LogP contribution in [0.2, 0.25) is 0 Å². The summed E-state index contributed by atoms with van der Waals surface area (Å²) in [4.78, 5) is 24.0. The highest BCUT2D eigenvalue weighted by Gasteiger charge is 2.35.